The van der Waals surface area contributed by atoms with Crippen LogP contribution in [0.15, 0.2) is 18.2 Å². The number of anilines is 1. The van der Waals surface area contributed by atoms with Gasteiger partial charge >= 0.3 is 0 Å². The molecule has 0 aromatic heterocycles. The lowest BCUT2D eigenvalue weighted by Gasteiger charge is -2.36. The molecule has 1 aliphatic heterocycles. The number of hydrogen-bond donors (Lipinski definition) is 1. The Hall–Kier alpha value is -0.770. The largest absolute Gasteiger partial charge is 0.378 e. The van der Waals surface area contributed by atoms with Crippen LogP contribution in [0, 0.1) is 0 Å². The molecule has 1 heterocycles. The SMILES string of the molecule is CCCC[C@H](c1ccc(N(C)C)cc1Cl)N1CCNCC1. The predicted molar refractivity (Wildman–Crippen MR) is 92.5 cm³/mol. The molecule has 1 aromatic carbocycles. The highest BCUT2D eigenvalue weighted by Crippen LogP contribution is 2.34. The second-order valence-corrected chi connectivity index (χ2v) is 6.45. The number of nitrogens with one attached hydrogen (secondary N) is 1. The number of nitrogens with zero attached hydrogens (tertiary/aromatic N) is 2. The van der Waals surface area contributed by atoms with Crippen LogP contribution in [-0.2, 0) is 0 Å². The Morgan fingerprint density at radius 1 is 1.29 bits per heavy atom. The van der Waals surface area contributed by atoms with E-state index >= 15 is 0 Å². The van der Waals surface area contributed by atoms with Gasteiger partial charge in [0.05, 0.1) is 0 Å². The Kier molecular flexibility index (Phi) is 6.34. The van der Waals surface area contributed by atoms with Crippen molar-refractivity contribution in [3.05, 3.63) is 28.8 Å². The van der Waals surface area contributed by atoms with E-state index in [0.717, 1.165) is 31.2 Å². The van der Waals surface area contributed by atoms with E-state index in [4.69, 9.17) is 11.6 Å². The maximum atomic E-state index is 6.60. The van der Waals surface area contributed by atoms with Crippen LogP contribution in [0.5, 0.6) is 0 Å². The fourth-order valence-electron chi connectivity index (χ4n) is 2.99. The molecule has 2 rings (SSSR count). The van der Waals surface area contributed by atoms with E-state index < -0.39 is 0 Å². The molecule has 21 heavy (non-hydrogen) atoms. The zero-order valence-corrected chi connectivity index (χ0v) is 14.3. The smallest absolute Gasteiger partial charge is 0.0474 e. The second kappa shape index (κ2) is 8.02. The van der Waals surface area contributed by atoms with E-state index in [1.54, 1.807) is 0 Å². The summed E-state index contributed by atoms with van der Waals surface area (Å²) in [5.74, 6) is 0. The minimum atomic E-state index is 0.454. The predicted octanol–water partition coefficient (Wildman–Crippen LogP) is 3.54. The first kappa shape index (κ1) is 16.6. The highest BCUT2D eigenvalue weighted by molar-refractivity contribution is 6.31. The van der Waals surface area contributed by atoms with Crippen LogP contribution < -0.4 is 10.2 Å². The molecule has 0 amide bonds. The fraction of sp³-hybridized carbons (Fsp3) is 0.647. The van der Waals surface area contributed by atoms with Crippen LogP contribution in [0.3, 0.4) is 0 Å². The number of unbranched alkanes of at least 4 members (excludes halogenated alkanes) is 1. The summed E-state index contributed by atoms with van der Waals surface area (Å²) in [4.78, 5) is 4.68. The van der Waals surface area contributed by atoms with E-state index in [-0.39, 0.29) is 0 Å². The van der Waals surface area contributed by atoms with Gasteiger partial charge in [0.15, 0.2) is 0 Å². The van der Waals surface area contributed by atoms with Gasteiger partial charge in [0.2, 0.25) is 0 Å². The number of hydrogen-bond acceptors (Lipinski definition) is 3. The summed E-state index contributed by atoms with van der Waals surface area (Å²) in [6, 6.07) is 6.95. The highest BCUT2D eigenvalue weighted by Gasteiger charge is 2.23. The number of halogens is 1. The van der Waals surface area contributed by atoms with Gasteiger partial charge in [0.1, 0.15) is 0 Å². The minimum Gasteiger partial charge on any atom is -0.378 e. The Morgan fingerprint density at radius 3 is 2.57 bits per heavy atom. The quantitative estimate of drug-likeness (QED) is 0.867. The minimum absolute atomic E-state index is 0.454. The Morgan fingerprint density at radius 2 is 2.00 bits per heavy atom. The first-order chi connectivity index (χ1) is 10.1. The van der Waals surface area contributed by atoms with E-state index in [1.165, 1.54) is 30.5 Å². The van der Waals surface area contributed by atoms with Crippen molar-refractivity contribution in [1.29, 1.82) is 0 Å². The van der Waals surface area contributed by atoms with Gasteiger partial charge in [0, 0.05) is 57.0 Å². The molecule has 4 heteroatoms. The summed E-state index contributed by atoms with van der Waals surface area (Å²) < 4.78 is 0. The van der Waals surface area contributed by atoms with Crippen LogP contribution in [0.4, 0.5) is 5.69 Å². The van der Waals surface area contributed by atoms with Crippen molar-refractivity contribution < 1.29 is 0 Å². The summed E-state index contributed by atoms with van der Waals surface area (Å²) in [6.45, 7) is 6.64. The third kappa shape index (κ3) is 4.35. The van der Waals surface area contributed by atoms with Crippen molar-refractivity contribution >= 4 is 17.3 Å². The molecule has 118 valence electrons. The average molecular weight is 310 g/mol. The van der Waals surface area contributed by atoms with Gasteiger partial charge in [-0.25, -0.2) is 0 Å². The topological polar surface area (TPSA) is 18.5 Å². The molecule has 1 aromatic rings. The Bertz CT molecular complexity index is 442. The Balaban J connectivity index is 2.22. The highest BCUT2D eigenvalue weighted by atomic mass is 35.5. The lowest BCUT2D eigenvalue weighted by Crippen LogP contribution is -2.45. The number of benzene rings is 1. The van der Waals surface area contributed by atoms with Gasteiger partial charge in [-0.1, -0.05) is 37.4 Å². The van der Waals surface area contributed by atoms with E-state index in [2.05, 4.69) is 54.3 Å². The molecule has 0 unspecified atom stereocenters. The molecule has 1 aliphatic rings. The lowest BCUT2D eigenvalue weighted by atomic mass is 9.98. The molecule has 0 aliphatic carbocycles. The monoisotopic (exact) mass is 309 g/mol. The normalized spacial score (nSPS) is 17.7. The number of piperazine rings is 1. The first-order valence-electron chi connectivity index (χ1n) is 8.05. The molecule has 0 spiro atoms. The van der Waals surface area contributed by atoms with Gasteiger partial charge < -0.3 is 10.2 Å². The van der Waals surface area contributed by atoms with E-state index in [0.29, 0.717) is 6.04 Å². The van der Waals surface area contributed by atoms with E-state index in [9.17, 15) is 0 Å². The van der Waals surface area contributed by atoms with Crippen LogP contribution in [0.1, 0.15) is 37.8 Å². The molecule has 1 saturated heterocycles. The summed E-state index contributed by atoms with van der Waals surface area (Å²) in [5.41, 5.74) is 2.45. The maximum absolute atomic E-state index is 6.60. The lowest BCUT2D eigenvalue weighted by molar-refractivity contribution is 0.163. The standard InChI is InChI=1S/C17H28ClN3/c1-4-5-6-17(21-11-9-19-10-12-21)15-8-7-14(20(2)3)13-16(15)18/h7-8,13,17,19H,4-6,9-12H2,1-3H3/t17-/m1/s1. The average Bonchev–Trinajstić information content (AvgIpc) is 2.50. The molecular weight excluding hydrogens is 282 g/mol. The van der Waals surface area contributed by atoms with Gasteiger partial charge in [-0.2, -0.15) is 0 Å². The zero-order valence-electron chi connectivity index (χ0n) is 13.5. The summed E-state index contributed by atoms with van der Waals surface area (Å²) in [6.07, 6.45) is 3.67. The van der Waals surface area contributed by atoms with E-state index in [1.807, 2.05) is 0 Å². The molecule has 0 saturated carbocycles. The third-order valence-electron chi connectivity index (χ3n) is 4.28. The van der Waals surface area contributed by atoms with Crippen LogP contribution in [0.25, 0.3) is 0 Å². The van der Waals surface area contributed by atoms with Crippen LogP contribution in [-0.4, -0.2) is 45.2 Å². The van der Waals surface area contributed by atoms with Crippen LogP contribution in [0.2, 0.25) is 5.02 Å². The third-order valence-corrected chi connectivity index (χ3v) is 4.61. The van der Waals surface area contributed by atoms with Crippen molar-refractivity contribution in [3.8, 4) is 0 Å². The second-order valence-electron chi connectivity index (χ2n) is 6.04. The van der Waals surface area contributed by atoms with Crippen molar-refractivity contribution in [2.45, 2.75) is 32.2 Å². The summed E-state index contributed by atoms with van der Waals surface area (Å²) in [7, 11) is 4.10. The molecule has 1 N–H and O–H groups in total. The molecular formula is C17H28ClN3. The van der Waals surface area contributed by atoms with Crippen LogP contribution >= 0.6 is 11.6 Å². The maximum Gasteiger partial charge on any atom is 0.0474 e. The molecule has 1 fully saturated rings. The molecule has 0 radical (unpaired) electrons. The summed E-state index contributed by atoms with van der Waals surface area (Å²) in [5, 5.41) is 4.34. The van der Waals surface area contributed by atoms with Gasteiger partial charge in [0.25, 0.3) is 0 Å². The summed E-state index contributed by atoms with van der Waals surface area (Å²) >= 11 is 6.60. The van der Waals surface area contributed by atoms with Crippen molar-refractivity contribution in [2.75, 3.05) is 45.2 Å². The fourth-order valence-corrected chi connectivity index (χ4v) is 3.29. The molecule has 1 atom stereocenters. The number of rotatable bonds is 6. The zero-order chi connectivity index (χ0) is 15.2. The van der Waals surface area contributed by atoms with Crippen molar-refractivity contribution in [2.24, 2.45) is 0 Å². The van der Waals surface area contributed by atoms with Crippen molar-refractivity contribution in [3.63, 3.8) is 0 Å². The van der Waals surface area contributed by atoms with Gasteiger partial charge in [-0.15, -0.1) is 0 Å². The van der Waals surface area contributed by atoms with Gasteiger partial charge in [-0.3, -0.25) is 4.90 Å². The first-order valence-corrected chi connectivity index (χ1v) is 8.42. The Labute approximate surface area is 134 Å². The van der Waals surface area contributed by atoms with Gasteiger partial charge in [-0.05, 0) is 24.1 Å². The van der Waals surface area contributed by atoms with Crippen molar-refractivity contribution in [1.82, 2.24) is 10.2 Å². The molecule has 0 bridgehead atoms. The molecule has 3 nitrogen and oxygen atoms in total.